The van der Waals surface area contributed by atoms with E-state index >= 15 is 0 Å². The van der Waals surface area contributed by atoms with Gasteiger partial charge in [-0.1, -0.05) is 6.07 Å². The second-order valence-corrected chi connectivity index (χ2v) is 13.7. The van der Waals surface area contributed by atoms with Gasteiger partial charge in [-0.05, 0) is 74.1 Å². The Hall–Kier alpha value is -1.62. The minimum atomic E-state index is -1.26. The number of carbonyl (C=O) groups excluding carboxylic acids is 1. The second-order valence-electron chi connectivity index (χ2n) is 10.5. The number of amides is 1. The number of thiazole rings is 1. The molecule has 0 radical (unpaired) electrons. The van der Waals surface area contributed by atoms with Gasteiger partial charge in [0.15, 0.2) is 16.6 Å². The van der Waals surface area contributed by atoms with Crippen LogP contribution in [0.15, 0.2) is 29.2 Å². The molecular formula is C27H38B3N3O11S4. The van der Waals surface area contributed by atoms with Crippen LogP contribution in [0.4, 0.5) is 5.13 Å². The molecule has 14 nitrogen and oxygen atoms in total. The van der Waals surface area contributed by atoms with Crippen molar-refractivity contribution in [1.29, 1.82) is 12.3 Å². The van der Waals surface area contributed by atoms with Gasteiger partial charge in [-0.3, -0.25) is 4.79 Å². The number of hydrogen-bond donors (Lipinski definition) is 5. The number of aliphatic hydroxyl groups is 3. The van der Waals surface area contributed by atoms with Crippen molar-refractivity contribution in [3.8, 4) is 11.5 Å². The van der Waals surface area contributed by atoms with Crippen LogP contribution in [0.2, 0.25) is 0 Å². The first-order chi connectivity index (χ1) is 27.3. The molecule has 1 saturated carbocycles. The first-order valence-electron chi connectivity index (χ1n) is 19.2. The summed E-state index contributed by atoms with van der Waals surface area (Å²) in [4.78, 5) is 18.0. The van der Waals surface area contributed by atoms with E-state index in [0.29, 0.717) is 11.3 Å². The number of nitrogens with one attached hydrogen (secondary N) is 1. The molecule has 5 rings (SSSR count). The van der Waals surface area contributed by atoms with Gasteiger partial charge >= 0.3 is 0 Å². The minimum Gasteiger partial charge on any atom is -0.458 e. The Labute approximate surface area is 311 Å². The number of aliphatic hydroxyl groups excluding tert-OH is 3. The first-order valence-corrected chi connectivity index (χ1v) is 18.1. The van der Waals surface area contributed by atoms with E-state index in [9.17, 15) is 4.79 Å². The predicted octanol–water partition coefficient (Wildman–Crippen LogP) is -1.21. The molecule has 3 fully saturated rings. The Morgan fingerprint density at radius 3 is 2.62 bits per heavy atom. The zero-order chi connectivity index (χ0) is 41.2. The van der Waals surface area contributed by atoms with E-state index in [1.165, 1.54) is 36.5 Å². The van der Waals surface area contributed by atoms with Gasteiger partial charge in [-0.25, -0.2) is 4.98 Å². The van der Waals surface area contributed by atoms with Crippen LogP contribution in [0.3, 0.4) is 0 Å². The van der Waals surface area contributed by atoms with Gasteiger partial charge in [0.2, 0.25) is 16.5 Å². The number of carbonyl (C=O) groups is 1. The number of rotatable bonds is 21. The lowest BCUT2D eigenvalue weighted by atomic mass is 9.83. The van der Waals surface area contributed by atoms with Crippen LogP contribution in [0.5, 0.6) is 11.5 Å². The predicted molar refractivity (Wildman–Crippen MR) is 193 cm³/mol. The number of anilines is 1. The normalized spacial score (nSPS) is 34.1. The van der Waals surface area contributed by atoms with Crippen LogP contribution in [0.1, 0.15) is 24.3 Å². The van der Waals surface area contributed by atoms with Crippen LogP contribution in [0.25, 0.3) is 6.08 Å². The summed E-state index contributed by atoms with van der Waals surface area (Å²) < 4.78 is 110. The Balaban J connectivity index is 1.38. The fourth-order valence-electron chi connectivity index (χ4n) is 5.32. The third-order valence-corrected chi connectivity index (χ3v) is 9.60. The Kier molecular flexibility index (Phi) is 9.90. The van der Waals surface area contributed by atoms with Gasteiger partial charge < -0.3 is 57.9 Å². The van der Waals surface area contributed by atoms with Gasteiger partial charge in [0.25, 0.3) is 0 Å². The van der Waals surface area contributed by atoms with E-state index in [1.54, 1.807) is 11.4 Å². The van der Waals surface area contributed by atoms with E-state index in [-0.39, 0.29) is 46.0 Å². The fraction of sp³-hybridized carbons (Fsp3) is 0.556. The summed E-state index contributed by atoms with van der Waals surface area (Å²) in [6, 6.07) is 3.56. The molecule has 1 aromatic carbocycles. The highest BCUT2D eigenvalue weighted by Crippen LogP contribution is 2.41. The van der Waals surface area contributed by atoms with Gasteiger partial charge in [-0.2, -0.15) is 0 Å². The van der Waals surface area contributed by atoms with Gasteiger partial charge in [0.1, 0.15) is 78.9 Å². The summed E-state index contributed by atoms with van der Waals surface area (Å²) >= 11 is 3.65. The van der Waals surface area contributed by atoms with Crippen molar-refractivity contribution in [2.24, 2.45) is 0 Å². The molecule has 0 bridgehead atoms. The molecule has 1 unspecified atom stereocenters. The summed E-state index contributed by atoms with van der Waals surface area (Å²) in [5, 5.41) is 19.6. The molecule has 6 N–H and O–H groups in total. The second kappa shape index (κ2) is 17.5. The number of hydrogen-bond acceptors (Lipinski definition) is 17. The summed E-state index contributed by atoms with van der Waals surface area (Å²) in [6.45, 7) is 1.37. The summed E-state index contributed by atoms with van der Waals surface area (Å²) in [5.41, 5.74) is 6.84. The molecule has 2 saturated heterocycles. The lowest BCUT2D eigenvalue weighted by Crippen LogP contribution is -2.67. The molecule has 3 heterocycles. The van der Waals surface area contributed by atoms with E-state index in [4.69, 9.17) is 64.9 Å². The highest BCUT2D eigenvalue weighted by Gasteiger charge is 2.55. The van der Waals surface area contributed by atoms with E-state index < -0.39 is 90.4 Å². The van der Waals surface area contributed by atoms with Crippen LogP contribution in [-0.2, 0) is 27.4 Å². The van der Waals surface area contributed by atoms with Crippen molar-refractivity contribution >= 4 is 87.9 Å². The monoisotopic (exact) mass is 756 g/mol. The number of benzene rings is 1. The number of fused-ring (bicyclic) bond motifs is 1. The zero-order valence-corrected chi connectivity index (χ0v) is 28.6. The number of nitrogens with zero attached hydrogens (tertiary/aromatic N) is 1. The van der Waals surface area contributed by atoms with Gasteiger partial charge in [-0.15, -0.1) is 11.3 Å². The lowest BCUT2D eigenvalue weighted by molar-refractivity contribution is -0.147. The smallest absolute Gasteiger partial charge is 0.247 e. The molecule has 0 spiro atoms. The third-order valence-electron chi connectivity index (χ3n) is 7.49. The average Bonchev–Trinajstić information content (AvgIpc) is 3.91. The molecule has 10 atom stereocenters. The molecule has 2 aliphatic heterocycles. The van der Waals surface area contributed by atoms with Crippen LogP contribution in [0, 0.1) is 0 Å². The van der Waals surface area contributed by atoms with Crippen molar-refractivity contribution in [2.45, 2.75) is 68.1 Å². The quantitative estimate of drug-likeness (QED) is 0.0579. The molecule has 48 heavy (non-hydrogen) atoms. The van der Waals surface area contributed by atoms with Crippen molar-refractivity contribution in [3.05, 3.63) is 40.4 Å². The van der Waals surface area contributed by atoms with Gasteiger partial charge in [0, 0.05) is 28.6 Å². The van der Waals surface area contributed by atoms with Gasteiger partial charge in [0.05, 0.1) is 11.7 Å². The molecule has 3 aliphatic rings. The largest absolute Gasteiger partial charge is 0.458 e. The molecular weight excluding hydrogens is 703 g/mol. The standard InChI is InChI=1S/C27H38B3N3O11S4/c1-11(25(37)33-16-17(34)18(35)22-24(39-10-38-22)21(16)43-47-8-29)4-12-2-3-14(15(5-12)42-46-7-28)40-26-19(36)23(44-48-9-30)20(41-26)13-6-45-27(31)32-13/h2-6,16-24,26,34-36H,7-10,28-30H2,1H3,(H2,31,32)(H,33,37)/b11-4+/t16?,17-,18+,19-,20+,21+,22+,23-,24-,26+/m0/s1/i28TD,29TD,30TD,34T,35T,36T. The number of aromatic nitrogens is 1. The summed E-state index contributed by atoms with van der Waals surface area (Å²) in [6.07, 6.45) is -7.81. The summed E-state index contributed by atoms with van der Waals surface area (Å²) in [7, 11) is -3.58. The lowest BCUT2D eigenvalue weighted by Gasteiger charge is -2.43. The number of ether oxygens (including phenoxy) is 4. The molecule has 2 aromatic rings. The molecule has 260 valence electrons. The third kappa shape index (κ3) is 8.63. The molecule has 1 amide bonds. The van der Waals surface area contributed by atoms with E-state index in [2.05, 4.69) is 10.3 Å². The molecule has 21 heteroatoms. The first kappa shape index (κ1) is 27.1. The molecule has 1 aliphatic carbocycles. The van der Waals surface area contributed by atoms with Crippen LogP contribution < -0.4 is 20.0 Å². The van der Waals surface area contributed by atoms with E-state index in [0.717, 1.165) is 36.1 Å². The maximum Gasteiger partial charge on any atom is 0.247 e. The highest BCUT2D eigenvalue weighted by molar-refractivity contribution is 7.96. The number of nitrogen functional groups attached to an aromatic ring is 1. The van der Waals surface area contributed by atoms with E-state index in [1.807, 2.05) is 0 Å². The average molecular weight is 756 g/mol. The van der Waals surface area contributed by atoms with Crippen molar-refractivity contribution in [2.75, 3.05) is 29.5 Å². The zero-order valence-electron chi connectivity index (χ0n) is 34.4. The SMILES string of the molecule is [2H]B([3H])CSOc1cc(/C=C(\C)C(=O)NC2[C@@H](OSCB([2H])[3H])[C@@H]3OCO[C@@H]3[C@H](O[3H])[C@H]2O[3H])ccc1O[C@@H]1O[C@H](c2csc(N)n2)[C@@H](OSCB([2H])[3H])[C@@H]1O[3H]. The minimum absolute atomic E-state index is 0.00421. The Morgan fingerprint density at radius 2 is 1.90 bits per heavy atom. The number of nitrogens with two attached hydrogens (primary N) is 1. The topological polar surface area (TPSA) is 193 Å². The Bertz CT molecular complexity index is 1640. The Morgan fingerprint density at radius 1 is 1.15 bits per heavy atom. The van der Waals surface area contributed by atoms with Crippen molar-refractivity contribution in [1.82, 2.24) is 10.3 Å². The van der Waals surface area contributed by atoms with Crippen molar-refractivity contribution < 1.29 is 51.6 Å². The van der Waals surface area contributed by atoms with Crippen molar-refractivity contribution in [3.63, 3.8) is 0 Å². The van der Waals surface area contributed by atoms with Crippen LogP contribution in [-0.4, -0.2) is 141 Å². The fourth-order valence-corrected chi connectivity index (χ4v) is 7.15. The maximum atomic E-state index is 13.7. The summed E-state index contributed by atoms with van der Waals surface area (Å²) in [5.74, 6) is -0.398. The maximum absolute atomic E-state index is 13.7. The molecule has 1 aromatic heterocycles. The van der Waals surface area contributed by atoms with Crippen LogP contribution >= 0.6 is 47.5 Å². The highest BCUT2D eigenvalue weighted by atomic mass is 32.2.